The maximum absolute atomic E-state index is 13.6. The second kappa shape index (κ2) is 10.3. The number of methoxy groups -OCH3 is 1. The Morgan fingerprint density at radius 1 is 1.17 bits per heavy atom. The second-order valence-electron chi connectivity index (χ2n) is 9.74. The Hall–Kier alpha value is -3.08. The maximum Gasteiger partial charge on any atom is 0.162 e. The van der Waals surface area contributed by atoms with E-state index < -0.39 is 5.92 Å². The number of ketones is 1. The average molecular weight is 536 g/mol. The topological polar surface area (TPSA) is 88.6 Å². The summed E-state index contributed by atoms with van der Waals surface area (Å²) in [6, 6.07) is 17.8. The third kappa shape index (κ3) is 5.14. The fourth-order valence-corrected chi connectivity index (χ4v) is 5.18. The lowest BCUT2D eigenvalue weighted by molar-refractivity contribution is -0.118. The molecule has 0 saturated carbocycles. The van der Waals surface area contributed by atoms with Gasteiger partial charge < -0.3 is 20.1 Å². The monoisotopic (exact) mass is 535 g/mol. The number of halogens is 1. The first-order chi connectivity index (χ1) is 16.8. The van der Waals surface area contributed by atoms with E-state index >= 15 is 0 Å². The minimum absolute atomic E-state index is 0.0478. The van der Waals surface area contributed by atoms with Gasteiger partial charge in [0, 0.05) is 41.4 Å². The summed E-state index contributed by atoms with van der Waals surface area (Å²) >= 11 is 3.45. The Morgan fingerprint density at radius 3 is 2.57 bits per heavy atom. The summed E-state index contributed by atoms with van der Waals surface area (Å²) in [7, 11) is 1.63. The van der Waals surface area contributed by atoms with Crippen LogP contribution in [0.2, 0.25) is 0 Å². The van der Waals surface area contributed by atoms with Gasteiger partial charge in [0.1, 0.15) is 18.2 Å². The number of para-hydroxylation sites is 1. The second-order valence-corrected chi connectivity index (χ2v) is 10.7. The zero-order valence-corrected chi connectivity index (χ0v) is 21.9. The number of allylic oxidation sites excluding steroid dienone is 3. The highest BCUT2D eigenvalue weighted by Crippen LogP contribution is 2.50. The van der Waals surface area contributed by atoms with E-state index in [1.54, 1.807) is 7.11 Å². The molecule has 2 aromatic rings. The molecule has 0 aromatic heterocycles. The highest BCUT2D eigenvalue weighted by atomic mass is 79.9. The number of rotatable bonds is 7. The molecule has 2 aromatic carbocycles. The molecule has 1 aliphatic carbocycles. The van der Waals surface area contributed by atoms with E-state index in [-0.39, 0.29) is 11.2 Å². The van der Waals surface area contributed by atoms with Crippen molar-refractivity contribution in [2.45, 2.75) is 39.2 Å². The molecule has 4 rings (SSSR count). The summed E-state index contributed by atoms with van der Waals surface area (Å²) < 4.78 is 12.5. The van der Waals surface area contributed by atoms with Crippen LogP contribution in [0.15, 0.2) is 75.7 Å². The van der Waals surface area contributed by atoms with Crippen LogP contribution in [0.25, 0.3) is 0 Å². The summed E-state index contributed by atoms with van der Waals surface area (Å²) in [5.41, 5.74) is 10.1. The first kappa shape index (κ1) is 25.0. The molecule has 182 valence electrons. The van der Waals surface area contributed by atoms with Crippen molar-refractivity contribution in [2.24, 2.45) is 11.1 Å². The normalized spacial score (nSPS) is 19.5. The number of benzene rings is 2. The number of nitrogens with two attached hydrogens (primary N) is 1. The third-order valence-electron chi connectivity index (χ3n) is 6.54. The van der Waals surface area contributed by atoms with Crippen molar-refractivity contribution in [3.8, 4) is 11.8 Å². The molecule has 0 unspecified atom stereocenters. The molecule has 1 atom stereocenters. The van der Waals surface area contributed by atoms with Crippen molar-refractivity contribution in [2.75, 3.05) is 20.3 Å². The summed E-state index contributed by atoms with van der Waals surface area (Å²) in [4.78, 5) is 15.5. The van der Waals surface area contributed by atoms with Gasteiger partial charge in [-0.3, -0.25) is 4.79 Å². The summed E-state index contributed by atoms with van der Waals surface area (Å²) in [6.45, 7) is 5.46. The molecule has 1 heterocycles. The number of nitriles is 1. The van der Waals surface area contributed by atoms with E-state index in [1.807, 2.05) is 53.4 Å². The van der Waals surface area contributed by atoms with Gasteiger partial charge in [-0.15, -0.1) is 0 Å². The van der Waals surface area contributed by atoms with Crippen molar-refractivity contribution in [3.63, 3.8) is 0 Å². The van der Waals surface area contributed by atoms with Crippen LogP contribution in [0, 0.1) is 16.7 Å². The van der Waals surface area contributed by atoms with Crippen LogP contribution in [0.4, 0.5) is 0 Å². The van der Waals surface area contributed by atoms with Crippen LogP contribution >= 0.6 is 15.9 Å². The standard InChI is InChI=1S/C28H30BrN3O3/c1-28(2)14-22-26(23(33)15-28)25(21(16-30)27(31)32(22)12-13-34-3)20-6-4-5-7-24(20)35-17-18-8-10-19(29)11-9-18/h4-11,25H,12-15,17,31H2,1-3H3/t25-/m0/s1. The summed E-state index contributed by atoms with van der Waals surface area (Å²) in [5.74, 6) is 0.488. The molecule has 6 nitrogen and oxygen atoms in total. The molecule has 0 fully saturated rings. The van der Waals surface area contributed by atoms with Crippen LogP contribution in [0.1, 0.15) is 43.7 Å². The Balaban J connectivity index is 1.80. The molecule has 0 saturated heterocycles. The van der Waals surface area contributed by atoms with Crippen molar-refractivity contribution in [1.82, 2.24) is 4.90 Å². The predicted molar refractivity (Wildman–Crippen MR) is 138 cm³/mol. The van der Waals surface area contributed by atoms with Gasteiger partial charge in [-0.25, -0.2) is 0 Å². The van der Waals surface area contributed by atoms with Crippen molar-refractivity contribution >= 4 is 21.7 Å². The Kier molecular flexibility index (Phi) is 7.34. The lowest BCUT2D eigenvalue weighted by Gasteiger charge is -2.44. The number of hydrogen-bond donors (Lipinski definition) is 1. The van der Waals surface area contributed by atoms with E-state index in [4.69, 9.17) is 15.2 Å². The maximum atomic E-state index is 13.6. The minimum Gasteiger partial charge on any atom is -0.489 e. The van der Waals surface area contributed by atoms with E-state index in [0.29, 0.717) is 55.3 Å². The molecule has 2 N–H and O–H groups in total. The lowest BCUT2D eigenvalue weighted by Crippen LogP contribution is -2.43. The molecule has 35 heavy (non-hydrogen) atoms. The van der Waals surface area contributed by atoms with Gasteiger partial charge in [0.2, 0.25) is 0 Å². The highest BCUT2D eigenvalue weighted by Gasteiger charge is 2.44. The van der Waals surface area contributed by atoms with E-state index in [9.17, 15) is 10.1 Å². The fourth-order valence-electron chi connectivity index (χ4n) is 4.92. The molecule has 0 amide bonds. The molecule has 0 bridgehead atoms. The number of carbonyl (C=O) groups is 1. The highest BCUT2D eigenvalue weighted by molar-refractivity contribution is 9.10. The van der Waals surface area contributed by atoms with Crippen molar-refractivity contribution in [1.29, 1.82) is 5.26 Å². The molecule has 2 aliphatic rings. The van der Waals surface area contributed by atoms with E-state index in [2.05, 4.69) is 35.8 Å². The van der Waals surface area contributed by atoms with Gasteiger partial charge in [0.25, 0.3) is 0 Å². The van der Waals surface area contributed by atoms with Crippen LogP contribution < -0.4 is 10.5 Å². The first-order valence-corrected chi connectivity index (χ1v) is 12.4. The number of hydrogen-bond acceptors (Lipinski definition) is 6. The van der Waals surface area contributed by atoms with Crippen LogP contribution in [0.3, 0.4) is 0 Å². The number of carbonyl (C=O) groups excluding carboxylic acids is 1. The SMILES string of the molecule is COCCN1C(N)=C(C#N)[C@H](c2ccccc2OCc2ccc(Br)cc2)C2=C1CC(C)(C)CC2=O. The number of Topliss-reactive ketones (excluding diaryl/α,β-unsaturated/α-hetero) is 1. The Bertz CT molecular complexity index is 1220. The van der Waals surface area contributed by atoms with Gasteiger partial charge in [-0.1, -0.05) is 60.1 Å². The van der Waals surface area contributed by atoms with Crippen molar-refractivity contribution < 1.29 is 14.3 Å². The lowest BCUT2D eigenvalue weighted by atomic mass is 9.68. The van der Waals surface area contributed by atoms with Crippen LogP contribution in [-0.2, 0) is 16.1 Å². The van der Waals surface area contributed by atoms with Crippen molar-refractivity contribution in [3.05, 3.63) is 86.8 Å². The average Bonchev–Trinajstić information content (AvgIpc) is 2.82. The van der Waals surface area contributed by atoms with Gasteiger partial charge in [-0.05, 0) is 35.6 Å². The van der Waals surface area contributed by atoms with Gasteiger partial charge in [0.15, 0.2) is 5.78 Å². The molecule has 0 spiro atoms. The van der Waals surface area contributed by atoms with Crippen LogP contribution in [0.5, 0.6) is 5.75 Å². The Labute approximate surface area is 215 Å². The summed E-state index contributed by atoms with van der Waals surface area (Å²) in [5, 5.41) is 10.2. The molecule has 7 heteroatoms. The quantitative estimate of drug-likeness (QED) is 0.509. The van der Waals surface area contributed by atoms with Crippen LogP contribution in [-0.4, -0.2) is 30.9 Å². The zero-order valence-electron chi connectivity index (χ0n) is 20.3. The molecular weight excluding hydrogens is 506 g/mol. The number of ether oxygens (including phenoxy) is 2. The minimum atomic E-state index is -0.571. The third-order valence-corrected chi connectivity index (χ3v) is 7.07. The predicted octanol–water partition coefficient (Wildman–Crippen LogP) is 5.41. The van der Waals surface area contributed by atoms with E-state index in [0.717, 1.165) is 21.3 Å². The van der Waals surface area contributed by atoms with Gasteiger partial charge >= 0.3 is 0 Å². The Morgan fingerprint density at radius 2 is 1.89 bits per heavy atom. The first-order valence-electron chi connectivity index (χ1n) is 11.6. The largest absolute Gasteiger partial charge is 0.489 e. The fraction of sp³-hybridized carbons (Fsp3) is 0.357. The smallest absolute Gasteiger partial charge is 0.162 e. The molecular formula is C28H30BrN3O3. The van der Waals surface area contributed by atoms with E-state index in [1.165, 1.54) is 0 Å². The van der Waals surface area contributed by atoms with Gasteiger partial charge in [-0.2, -0.15) is 5.26 Å². The summed E-state index contributed by atoms with van der Waals surface area (Å²) in [6.07, 6.45) is 1.11. The van der Waals surface area contributed by atoms with Gasteiger partial charge in [0.05, 0.1) is 24.2 Å². The molecule has 1 aliphatic heterocycles. The zero-order chi connectivity index (χ0) is 25.2. The molecule has 0 radical (unpaired) electrons. The number of nitrogens with zero attached hydrogens (tertiary/aromatic N) is 2.